The maximum absolute atomic E-state index is 13.5. The van der Waals surface area contributed by atoms with Crippen LogP contribution >= 0.6 is 0 Å². The summed E-state index contributed by atoms with van der Waals surface area (Å²) < 4.78 is 40.8. The topological polar surface area (TPSA) is 43.8 Å². The van der Waals surface area contributed by atoms with Crippen molar-refractivity contribution in [3.8, 4) is 0 Å². The first kappa shape index (κ1) is 11.7. The molecule has 0 bridgehead atoms. The van der Waals surface area contributed by atoms with Gasteiger partial charge in [-0.2, -0.15) is 5.10 Å². The summed E-state index contributed by atoms with van der Waals surface area (Å²) in [5.41, 5.74) is 6.19. The highest BCUT2D eigenvalue weighted by atomic mass is 19.2. The van der Waals surface area contributed by atoms with Gasteiger partial charge >= 0.3 is 0 Å². The molecule has 2 rings (SSSR count). The van der Waals surface area contributed by atoms with Crippen molar-refractivity contribution < 1.29 is 13.2 Å². The van der Waals surface area contributed by atoms with Crippen LogP contribution in [0.5, 0.6) is 0 Å². The van der Waals surface area contributed by atoms with Crippen molar-refractivity contribution in [2.24, 2.45) is 12.8 Å². The lowest BCUT2D eigenvalue weighted by atomic mass is 10.0. The van der Waals surface area contributed by atoms with Gasteiger partial charge in [-0.05, 0) is 6.07 Å². The van der Waals surface area contributed by atoms with Crippen molar-refractivity contribution in [3.05, 3.63) is 53.1 Å². The van der Waals surface area contributed by atoms with Crippen molar-refractivity contribution in [1.82, 2.24) is 9.78 Å². The van der Waals surface area contributed by atoms with Gasteiger partial charge in [-0.1, -0.05) is 6.07 Å². The van der Waals surface area contributed by atoms with Crippen molar-refractivity contribution in [3.63, 3.8) is 0 Å². The van der Waals surface area contributed by atoms with E-state index >= 15 is 0 Å². The van der Waals surface area contributed by atoms with Crippen molar-refractivity contribution in [2.45, 2.75) is 6.04 Å². The van der Waals surface area contributed by atoms with Gasteiger partial charge in [0.05, 0.1) is 12.2 Å². The van der Waals surface area contributed by atoms with E-state index < -0.39 is 23.5 Å². The third-order valence-electron chi connectivity index (χ3n) is 2.48. The molecule has 0 aliphatic carbocycles. The molecule has 0 spiro atoms. The number of rotatable bonds is 2. The molecule has 0 aliphatic heterocycles. The molecule has 17 heavy (non-hydrogen) atoms. The molecule has 0 fully saturated rings. The molecular formula is C11H10F3N3. The zero-order valence-corrected chi connectivity index (χ0v) is 8.99. The van der Waals surface area contributed by atoms with Crippen LogP contribution in [0.25, 0.3) is 0 Å². The summed E-state index contributed by atoms with van der Waals surface area (Å²) in [6, 6.07) is 1.11. The third-order valence-corrected chi connectivity index (χ3v) is 2.48. The van der Waals surface area contributed by atoms with Gasteiger partial charge in [0.15, 0.2) is 17.5 Å². The molecule has 2 N–H and O–H groups in total. The quantitative estimate of drug-likeness (QED) is 0.816. The van der Waals surface area contributed by atoms with E-state index in [-0.39, 0.29) is 5.56 Å². The van der Waals surface area contributed by atoms with Gasteiger partial charge in [-0.15, -0.1) is 0 Å². The van der Waals surface area contributed by atoms with Crippen LogP contribution in [-0.4, -0.2) is 9.78 Å². The Morgan fingerprint density at radius 3 is 2.53 bits per heavy atom. The molecule has 2 aromatic rings. The van der Waals surface area contributed by atoms with Crippen LogP contribution in [0.4, 0.5) is 13.2 Å². The van der Waals surface area contributed by atoms with Gasteiger partial charge in [0, 0.05) is 24.4 Å². The summed E-state index contributed by atoms with van der Waals surface area (Å²) in [7, 11) is 1.68. The number of hydrogen-bond donors (Lipinski definition) is 1. The molecule has 90 valence electrons. The molecule has 1 aromatic carbocycles. The van der Waals surface area contributed by atoms with Crippen LogP contribution in [0.1, 0.15) is 17.2 Å². The minimum absolute atomic E-state index is 0.100. The average molecular weight is 241 g/mol. The Morgan fingerprint density at radius 1 is 1.24 bits per heavy atom. The maximum atomic E-state index is 13.5. The Kier molecular flexibility index (Phi) is 2.89. The second-order valence-electron chi connectivity index (χ2n) is 3.69. The highest BCUT2D eigenvalue weighted by Gasteiger charge is 2.20. The average Bonchev–Trinajstić information content (AvgIpc) is 2.72. The number of nitrogens with zero attached hydrogens (tertiary/aromatic N) is 2. The Balaban J connectivity index is 2.44. The molecule has 0 amide bonds. The smallest absolute Gasteiger partial charge is 0.194 e. The molecule has 3 nitrogen and oxygen atoms in total. The molecule has 1 atom stereocenters. The lowest BCUT2D eigenvalue weighted by Crippen LogP contribution is -2.14. The molecule has 1 unspecified atom stereocenters. The number of benzene rings is 1. The van der Waals surface area contributed by atoms with Crippen LogP contribution in [0.3, 0.4) is 0 Å². The van der Waals surface area contributed by atoms with Crippen LogP contribution in [-0.2, 0) is 7.05 Å². The van der Waals surface area contributed by atoms with Crippen molar-refractivity contribution >= 4 is 0 Å². The predicted octanol–water partition coefficient (Wildman–Crippen LogP) is 1.89. The zero-order valence-electron chi connectivity index (χ0n) is 8.99. The molecule has 0 aliphatic rings. The van der Waals surface area contributed by atoms with E-state index in [2.05, 4.69) is 5.10 Å². The lowest BCUT2D eigenvalue weighted by molar-refractivity contribution is 0.438. The summed E-state index contributed by atoms with van der Waals surface area (Å²) in [5.74, 6) is -4.01. The van der Waals surface area contributed by atoms with Crippen LogP contribution < -0.4 is 5.73 Å². The minimum atomic E-state index is -1.51. The van der Waals surface area contributed by atoms with E-state index in [0.29, 0.717) is 5.56 Å². The highest BCUT2D eigenvalue weighted by Crippen LogP contribution is 2.24. The SMILES string of the molecule is Cn1cc(C(N)c2ccc(F)c(F)c2F)cn1. The summed E-state index contributed by atoms with van der Waals surface area (Å²) >= 11 is 0. The maximum Gasteiger partial charge on any atom is 0.194 e. The molecule has 0 saturated heterocycles. The fraction of sp³-hybridized carbons (Fsp3) is 0.182. The first-order chi connectivity index (χ1) is 8.00. The summed E-state index contributed by atoms with van der Waals surface area (Å²) in [4.78, 5) is 0. The second-order valence-corrected chi connectivity index (χ2v) is 3.69. The fourth-order valence-corrected chi connectivity index (χ4v) is 1.56. The molecular weight excluding hydrogens is 231 g/mol. The summed E-state index contributed by atoms with van der Waals surface area (Å²) in [6.07, 6.45) is 3.04. The summed E-state index contributed by atoms with van der Waals surface area (Å²) in [6.45, 7) is 0. The van der Waals surface area contributed by atoms with E-state index in [4.69, 9.17) is 5.73 Å². The first-order valence-corrected chi connectivity index (χ1v) is 4.88. The van der Waals surface area contributed by atoms with Crippen LogP contribution in [0, 0.1) is 17.5 Å². The second kappa shape index (κ2) is 4.21. The molecule has 0 radical (unpaired) electrons. The standard InChI is InChI=1S/C11H10F3N3/c1-17-5-6(4-16-17)11(15)7-2-3-8(12)10(14)9(7)13/h2-5,11H,15H2,1H3. The van der Waals surface area contributed by atoms with E-state index in [1.165, 1.54) is 10.9 Å². The van der Waals surface area contributed by atoms with Gasteiger partial charge in [-0.25, -0.2) is 13.2 Å². The van der Waals surface area contributed by atoms with E-state index in [1.807, 2.05) is 0 Å². The van der Waals surface area contributed by atoms with Gasteiger partial charge in [0.25, 0.3) is 0 Å². The number of aromatic nitrogens is 2. The van der Waals surface area contributed by atoms with Crippen molar-refractivity contribution in [2.75, 3.05) is 0 Å². The molecule has 1 heterocycles. The number of nitrogens with two attached hydrogens (primary N) is 1. The third kappa shape index (κ3) is 2.03. The molecule has 6 heteroatoms. The van der Waals surface area contributed by atoms with E-state index in [9.17, 15) is 13.2 Å². The van der Waals surface area contributed by atoms with Crippen molar-refractivity contribution in [1.29, 1.82) is 0 Å². The van der Waals surface area contributed by atoms with Crippen LogP contribution in [0.2, 0.25) is 0 Å². The minimum Gasteiger partial charge on any atom is -0.320 e. The Bertz CT molecular complexity index is 551. The molecule has 0 saturated carbocycles. The predicted molar refractivity (Wildman–Crippen MR) is 55.6 cm³/mol. The van der Waals surface area contributed by atoms with Gasteiger partial charge in [0.1, 0.15) is 0 Å². The number of hydrogen-bond acceptors (Lipinski definition) is 2. The normalized spacial score (nSPS) is 12.8. The lowest BCUT2D eigenvalue weighted by Gasteiger charge is -2.11. The largest absolute Gasteiger partial charge is 0.320 e. The fourth-order valence-electron chi connectivity index (χ4n) is 1.56. The Morgan fingerprint density at radius 2 is 1.94 bits per heavy atom. The molecule has 1 aromatic heterocycles. The monoisotopic (exact) mass is 241 g/mol. The Labute approximate surface area is 95.7 Å². The number of aryl methyl sites for hydroxylation is 1. The van der Waals surface area contributed by atoms with Crippen LogP contribution in [0.15, 0.2) is 24.5 Å². The summed E-state index contributed by atoms with van der Waals surface area (Å²) in [5, 5.41) is 3.88. The van der Waals surface area contributed by atoms with Gasteiger partial charge in [-0.3, -0.25) is 4.68 Å². The zero-order chi connectivity index (χ0) is 12.6. The highest BCUT2D eigenvalue weighted by molar-refractivity contribution is 5.30. The van der Waals surface area contributed by atoms with Gasteiger partial charge < -0.3 is 5.73 Å². The number of halogens is 3. The van der Waals surface area contributed by atoms with E-state index in [1.54, 1.807) is 13.2 Å². The Hall–Kier alpha value is -1.82. The van der Waals surface area contributed by atoms with E-state index in [0.717, 1.165) is 12.1 Å². The first-order valence-electron chi connectivity index (χ1n) is 4.88. The van der Waals surface area contributed by atoms with Gasteiger partial charge in [0.2, 0.25) is 0 Å².